The molecule has 1 saturated heterocycles. The number of halogens is 1. The molecule has 2 aromatic carbocycles. The van der Waals surface area contributed by atoms with Gasteiger partial charge >= 0.3 is 0 Å². The van der Waals surface area contributed by atoms with Crippen molar-refractivity contribution in [3.05, 3.63) is 64.7 Å². The monoisotopic (exact) mass is 330 g/mol. The van der Waals surface area contributed by atoms with Crippen molar-refractivity contribution in [2.45, 2.75) is 6.10 Å². The Kier molecular flexibility index (Phi) is 4.96. The van der Waals surface area contributed by atoms with E-state index < -0.39 is 0 Å². The molecule has 1 fully saturated rings. The molecule has 1 aliphatic rings. The molecule has 1 amide bonds. The molecule has 1 unspecified atom stereocenters. The van der Waals surface area contributed by atoms with E-state index in [2.05, 4.69) is 17.3 Å². The van der Waals surface area contributed by atoms with E-state index in [0.717, 1.165) is 30.9 Å². The van der Waals surface area contributed by atoms with Crippen LogP contribution >= 0.6 is 11.6 Å². The summed E-state index contributed by atoms with van der Waals surface area (Å²) >= 11 is 5.91. The van der Waals surface area contributed by atoms with Crippen LogP contribution in [0.25, 0.3) is 0 Å². The third-order valence-corrected chi connectivity index (χ3v) is 4.13. The maximum absolute atomic E-state index is 12.2. The van der Waals surface area contributed by atoms with Gasteiger partial charge in [-0.3, -0.25) is 4.79 Å². The zero-order valence-electron chi connectivity index (χ0n) is 13.0. The van der Waals surface area contributed by atoms with Gasteiger partial charge in [0.15, 0.2) is 0 Å². The van der Waals surface area contributed by atoms with Gasteiger partial charge in [0.25, 0.3) is 5.91 Å². The third kappa shape index (κ3) is 4.10. The lowest BCUT2D eigenvalue weighted by Gasteiger charge is -2.30. The molecule has 1 aliphatic heterocycles. The first-order chi connectivity index (χ1) is 11.1. The SMILES string of the molecule is CN1CCOC(c2ccc(NC(=O)c3cccc(Cl)c3)cc2)C1. The quantitative estimate of drug-likeness (QED) is 0.935. The first kappa shape index (κ1) is 16.0. The van der Waals surface area contributed by atoms with E-state index in [9.17, 15) is 4.79 Å². The van der Waals surface area contributed by atoms with Gasteiger partial charge in [-0.25, -0.2) is 0 Å². The van der Waals surface area contributed by atoms with Gasteiger partial charge in [0.1, 0.15) is 0 Å². The molecule has 5 heteroatoms. The zero-order valence-corrected chi connectivity index (χ0v) is 13.7. The van der Waals surface area contributed by atoms with Crippen molar-refractivity contribution in [1.29, 1.82) is 0 Å². The molecule has 0 aromatic heterocycles. The Morgan fingerprint density at radius 3 is 2.74 bits per heavy atom. The number of likely N-dealkylation sites (N-methyl/N-ethyl adjacent to an activating group) is 1. The van der Waals surface area contributed by atoms with Crippen LogP contribution < -0.4 is 5.32 Å². The molecule has 23 heavy (non-hydrogen) atoms. The van der Waals surface area contributed by atoms with Gasteiger partial charge in [-0.2, -0.15) is 0 Å². The molecule has 0 spiro atoms. The number of benzene rings is 2. The maximum atomic E-state index is 12.2. The van der Waals surface area contributed by atoms with Crippen LogP contribution in [0.1, 0.15) is 22.0 Å². The number of nitrogens with zero attached hydrogens (tertiary/aromatic N) is 1. The fourth-order valence-electron chi connectivity index (χ4n) is 2.59. The number of ether oxygens (including phenoxy) is 1. The number of hydrogen-bond acceptors (Lipinski definition) is 3. The fraction of sp³-hybridized carbons (Fsp3) is 0.278. The summed E-state index contributed by atoms with van der Waals surface area (Å²) in [5, 5.41) is 3.42. The molecule has 120 valence electrons. The molecular weight excluding hydrogens is 312 g/mol. The van der Waals surface area contributed by atoms with Crippen molar-refractivity contribution in [3.8, 4) is 0 Å². The number of morpholine rings is 1. The summed E-state index contributed by atoms with van der Waals surface area (Å²) in [7, 11) is 2.09. The largest absolute Gasteiger partial charge is 0.371 e. The van der Waals surface area contributed by atoms with E-state index in [1.807, 2.05) is 24.3 Å². The van der Waals surface area contributed by atoms with Crippen LogP contribution in [0.4, 0.5) is 5.69 Å². The number of anilines is 1. The molecule has 1 heterocycles. The summed E-state index contributed by atoms with van der Waals surface area (Å²) in [6.07, 6.45) is 0.0893. The second-order valence-electron chi connectivity index (χ2n) is 5.71. The molecule has 1 atom stereocenters. The predicted molar refractivity (Wildman–Crippen MR) is 92.0 cm³/mol. The minimum atomic E-state index is -0.172. The predicted octanol–water partition coefficient (Wildman–Crippen LogP) is 3.60. The van der Waals surface area contributed by atoms with Gasteiger partial charge < -0.3 is 15.0 Å². The van der Waals surface area contributed by atoms with Crippen LogP contribution in [-0.4, -0.2) is 37.6 Å². The zero-order chi connectivity index (χ0) is 16.2. The number of nitrogens with one attached hydrogen (secondary N) is 1. The summed E-state index contributed by atoms with van der Waals surface area (Å²) < 4.78 is 5.79. The number of amides is 1. The first-order valence-electron chi connectivity index (χ1n) is 7.59. The second-order valence-corrected chi connectivity index (χ2v) is 6.14. The molecule has 2 aromatic rings. The average Bonchev–Trinajstić information content (AvgIpc) is 2.55. The Balaban J connectivity index is 1.66. The maximum Gasteiger partial charge on any atom is 0.255 e. The van der Waals surface area contributed by atoms with Crippen LogP contribution in [-0.2, 0) is 4.74 Å². The molecule has 0 saturated carbocycles. The van der Waals surface area contributed by atoms with Gasteiger partial charge in [-0.15, -0.1) is 0 Å². The number of carbonyl (C=O) groups is 1. The highest BCUT2D eigenvalue weighted by Gasteiger charge is 2.19. The van der Waals surface area contributed by atoms with Gasteiger partial charge in [-0.05, 0) is 42.9 Å². The van der Waals surface area contributed by atoms with E-state index in [1.165, 1.54) is 0 Å². The van der Waals surface area contributed by atoms with Crippen LogP contribution in [0.5, 0.6) is 0 Å². The highest BCUT2D eigenvalue weighted by atomic mass is 35.5. The summed E-state index contributed by atoms with van der Waals surface area (Å²) in [5.74, 6) is -0.172. The van der Waals surface area contributed by atoms with Crippen LogP contribution in [0.2, 0.25) is 5.02 Å². The average molecular weight is 331 g/mol. The highest BCUT2D eigenvalue weighted by molar-refractivity contribution is 6.31. The number of hydrogen-bond donors (Lipinski definition) is 1. The van der Waals surface area contributed by atoms with Gasteiger partial charge in [0, 0.05) is 29.4 Å². The van der Waals surface area contributed by atoms with Crippen molar-refractivity contribution in [3.63, 3.8) is 0 Å². The molecule has 3 rings (SSSR count). The highest BCUT2D eigenvalue weighted by Crippen LogP contribution is 2.23. The van der Waals surface area contributed by atoms with Crippen LogP contribution in [0.15, 0.2) is 48.5 Å². The standard InChI is InChI=1S/C18H19ClN2O2/c1-21-9-10-23-17(12-21)13-5-7-16(8-6-13)20-18(22)14-3-2-4-15(19)11-14/h2-8,11,17H,9-10,12H2,1H3,(H,20,22). The van der Waals surface area contributed by atoms with E-state index in [0.29, 0.717) is 10.6 Å². The molecule has 4 nitrogen and oxygen atoms in total. The molecular formula is C18H19ClN2O2. The lowest BCUT2D eigenvalue weighted by atomic mass is 10.1. The van der Waals surface area contributed by atoms with Crippen LogP contribution in [0.3, 0.4) is 0 Å². The van der Waals surface area contributed by atoms with Crippen LogP contribution in [0, 0.1) is 0 Å². The summed E-state index contributed by atoms with van der Waals surface area (Å²) in [6, 6.07) is 14.7. The van der Waals surface area contributed by atoms with Gasteiger partial charge in [0.05, 0.1) is 12.7 Å². The number of carbonyl (C=O) groups excluding carboxylic acids is 1. The first-order valence-corrected chi connectivity index (χ1v) is 7.96. The van der Waals surface area contributed by atoms with Crippen molar-refractivity contribution < 1.29 is 9.53 Å². The minimum Gasteiger partial charge on any atom is -0.371 e. The topological polar surface area (TPSA) is 41.6 Å². The van der Waals surface area contributed by atoms with Crippen molar-refractivity contribution in [2.75, 3.05) is 32.1 Å². The molecule has 0 bridgehead atoms. The van der Waals surface area contributed by atoms with E-state index >= 15 is 0 Å². The van der Waals surface area contributed by atoms with Gasteiger partial charge in [-0.1, -0.05) is 29.8 Å². The van der Waals surface area contributed by atoms with Crippen molar-refractivity contribution in [2.24, 2.45) is 0 Å². The fourth-order valence-corrected chi connectivity index (χ4v) is 2.78. The Labute approximate surface area is 141 Å². The Morgan fingerprint density at radius 1 is 1.26 bits per heavy atom. The smallest absolute Gasteiger partial charge is 0.255 e. The summed E-state index contributed by atoms with van der Waals surface area (Å²) in [4.78, 5) is 14.4. The Hall–Kier alpha value is -1.88. The van der Waals surface area contributed by atoms with Gasteiger partial charge in [0.2, 0.25) is 0 Å². The van der Waals surface area contributed by atoms with E-state index in [-0.39, 0.29) is 12.0 Å². The Bertz CT molecular complexity index is 688. The van der Waals surface area contributed by atoms with Crippen molar-refractivity contribution in [1.82, 2.24) is 4.90 Å². The molecule has 0 aliphatic carbocycles. The second kappa shape index (κ2) is 7.13. The van der Waals surface area contributed by atoms with Crippen molar-refractivity contribution >= 4 is 23.2 Å². The van der Waals surface area contributed by atoms with E-state index in [1.54, 1.807) is 24.3 Å². The normalized spacial score (nSPS) is 18.6. The third-order valence-electron chi connectivity index (χ3n) is 3.90. The lowest BCUT2D eigenvalue weighted by molar-refractivity contribution is -0.0208. The minimum absolute atomic E-state index is 0.0893. The molecule has 0 radical (unpaired) electrons. The molecule has 1 N–H and O–H groups in total. The number of rotatable bonds is 3. The lowest BCUT2D eigenvalue weighted by Crippen LogP contribution is -2.35. The Morgan fingerprint density at radius 2 is 2.04 bits per heavy atom. The van der Waals surface area contributed by atoms with E-state index in [4.69, 9.17) is 16.3 Å². The summed E-state index contributed by atoms with van der Waals surface area (Å²) in [5.41, 5.74) is 2.42. The summed E-state index contributed by atoms with van der Waals surface area (Å²) in [6.45, 7) is 2.59.